The molecule has 0 N–H and O–H groups in total. The third-order valence-corrected chi connectivity index (χ3v) is 4.52. The van der Waals surface area contributed by atoms with Gasteiger partial charge >= 0.3 is 0 Å². The van der Waals surface area contributed by atoms with Gasteiger partial charge in [0.2, 0.25) is 0 Å². The Kier molecular flexibility index (Phi) is 5.95. The molecule has 0 saturated carbocycles. The van der Waals surface area contributed by atoms with Gasteiger partial charge in [0.25, 0.3) is 0 Å². The van der Waals surface area contributed by atoms with Gasteiger partial charge in [0.15, 0.2) is 11.6 Å². The van der Waals surface area contributed by atoms with E-state index in [9.17, 15) is 4.39 Å². The predicted octanol–water partition coefficient (Wildman–Crippen LogP) is 5.58. The first-order chi connectivity index (χ1) is 12.1. The normalized spacial score (nSPS) is 12.1. The van der Waals surface area contributed by atoms with Crippen LogP contribution in [0.4, 0.5) is 4.39 Å². The Balaban J connectivity index is 1.73. The van der Waals surface area contributed by atoms with Crippen LogP contribution in [0.5, 0.6) is 5.75 Å². The molecule has 0 spiro atoms. The van der Waals surface area contributed by atoms with E-state index >= 15 is 0 Å². The Morgan fingerprint density at radius 2 is 2.00 bits per heavy atom. The molecule has 0 amide bonds. The lowest BCUT2D eigenvalue weighted by atomic mass is 9.95. The minimum Gasteiger partial charge on any atom is -0.490 e. The average Bonchev–Trinajstić information content (AvgIpc) is 3.09. The Morgan fingerprint density at radius 3 is 2.72 bits per heavy atom. The lowest BCUT2D eigenvalue weighted by molar-refractivity contribution is 0.278. The minimum atomic E-state index is -0.363. The van der Waals surface area contributed by atoms with E-state index in [4.69, 9.17) is 27.9 Å². The predicted molar refractivity (Wildman–Crippen MR) is 97.9 cm³/mol. The molecule has 2 aromatic carbocycles. The van der Waals surface area contributed by atoms with Crippen LogP contribution in [0.3, 0.4) is 0 Å². The summed E-state index contributed by atoms with van der Waals surface area (Å²) in [6.07, 6.45) is 6.06. The van der Waals surface area contributed by atoms with Gasteiger partial charge in [-0.15, -0.1) is 0 Å². The Bertz CT molecular complexity index is 824. The van der Waals surface area contributed by atoms with Gasteiger partial charge in [0.05, 0.1) is 12.9 Å². The maximum atomic E-state index is 13.7. The quantitative estimate of drug-likeness (QED) is 0.536. The number of hydrogen-bond donors (Lipinski definition) is 0. The summed E-state index contributed by atoms with van der Waals surface area (Å²) in [5.74, 6) is -0.0185. The van der Waals surface area contributed by atoms with Crippen LogP contribution >= 0.6 is 23.2 Å². The number of nitrogens with zero attached hydrogens (tertiary/aromatic N) is 2. The molecule has 0 aliphatic carbocycles. The average molecular weight is 379 g/mol. The van der Waals surface area contributed by atoms with Crippen molar-refractivity contribution in [1.29, 1.82) is 0 Å². The number of benzene rings is 2. The van der Waals surface area contributed by atoms with Crippen molar-refractivity contribution in [3.05, 3.63) is 82.6 Å². The minimum absolute atomic E-state index is 0.0886. The molecule has 1 aromatic heterocycles. The van der Waals surface area contributed by atoms with Gasteiger partial charge in [-0.25, -0.2) is 9.37 Å². The summed E-state index contributed by atoms with van der Waals surface area (Å²) in [6.45, 7) is 1.07. The van der Waals surface area contributed by atoms with Crippen molar-refractivity contribution >= 4 is 23.2 Å². The summed E-state index contributed by atoms with van der Waals surface area (Å²) in [7, 11) is 0. The second-order valence-corrected chi connectivity index (χ2v) is 6.53. The van der Waals surface area contributed by atoms with E-state index in [1.807, 2.05) is 22.9 Å². The van der Waals surface area contributed by atoms with Crippen LogP contribution in [0.2, 0.25) is 10.0 Å². The van der Waals surface area contributed by atoms with Crippen LogP contribution in [0, 0.1) is 5.82 Å². The molecule has 0 saturated heterocycles. The summed E-state index contributed by atoms with van der Waals surface area (Å²) >= 11 is 12.4. The third-order valence-electron chi connectivity index (χ3n) is 3.95. The smallest absolute Gasteiger partial charge is 0.165 e. The molecule has 0 bridgehead atoms. The highest BCUT2D eigenvalue weighted by Crippen LogP contribution is 2.31. The van der Waals surface area contributed by atoms with E-state index in [1.54, 1.807) is 36.8 Å². The van der Waals surface area contributed by atoms with Crippen LogP contribution in [0.15, 0.2) is 61.2 Å². The maximum absolute atomic E-state index is 13.7. The maximum Gasteiger partial charge on any atom is 0.165 e. The van der Waals surface area contributed by atoms with E-state index in [2.05, 4.69) is 4.98 Å². The first-order valence-corrected chi connectivity index (χ1v) is 8.67. The van der Waals surface area contributed by atoms with Crippen molar-refractivity contribution in [1.82, 2.24) is 9.55 Å². The van der Waals surface area contributed by atoms with Gasteiger partial charge in [0, 0.05) is 34.9 Å². The van der Waals surface area contributed by atoms with Crippen LogP contribution in [-0.4, -0.2) is 16.2 Å². The highest BCUT2D eigenvalue weighted by Gasteiger charge is 2.17. The Hall–Kier alpha value is -2.04. The molecular weight excluding hydrogens is 362 g/mol. The molecule has 0 aliphatic heterocycles. The van der Waals surface area contributed by atoms with Gasteiger partial charge in [-0.2, -0.15) is 0 Å². The molecule has 3 nitrogen and oxygen atoms in total. The van der Waals surface area contributed by atoms with Crippen molar-refractivity contribution in [2.24, 2.45) is 0 Å². The number of ether oxygens (including phenoxy) is 1. The molecule has 25 heavy (non-hydrogen) atoms. The molecular formula is C19H17Cl2FN2O. The van der Waals surface area contributed by atoms with Crippen LogP contribution in [0.25, 0.3) is 0 Å². The van der Waals surface area contributed by atoms with Crippen LogP contribution in [0.1, 0.15) is 17.9 Å². The SMILES string of the molecule is Fc1ccccc1OCCC(Cn1ccnc1)c1ccc(Cl)cc1Cl. The molecule has 1 unspecified atom stereocenters. The van der Waals surface area contributed by atoms with Gasteiger partial charge < -0.3 is 9.30 Å². The van der Waals surface area contributed by atoms with Crippen LogP contribution in [-0.2, 0) is 6.54 Å². The van der Waals surface area contributed by atoms with Gasteiger partial charge in [-0.1, -0.05) is 41.4 Å². The fourth-order valence-electron chi connectivity index (χ4n) is 2.70. The second kappa shape index (κ2) is 8.37. The van der Waals surface area contributed by atoms with Crippen molar-refractivity contribution in [2.45, 2.75) is 18.9 Å². The highest BCUT2D eigenvalue weighted by molar-refractivity contribution is 6.35. The first-order valence-electron chi connectivity index (χ1n) is 7.91. The highest BCUT2D eigenvalue weighted by atomic mass is 35.5. The molecule has 0 fully saturated rings. The lowest BCUT2D eigenvalue weighted by Crippen LogP contribution is -2.13. The van der Waals surface area contributed by atoms with E-state index in [0.717, 1.165) is 5.56 Å². The molecule has 6 heteroatoms. The van der Waals surface area contributed by atoms with Gasteiger partial charge in [-0.05, 0) is 36.2 Å². The monoisotopic (exact) mass is 378 g/mol. The standard InChI is InChI=1S/C19H17Cl2FN2O/c20-15-5-6-16(17(21)11-15)14(12-24-9-8-23-13-24)7-10-25-19-4-2-1-3-18(19)22/h1-6,8-9,11,13-14H,7,10,12H2. The van der Waals surface area contributed by atoms with Gasteiger partial charge in [-0.3, -0.25) is 0 Å². The zero-order valence-electron chi connectivity index (χ0n) is 13.4. The topological polar surface area (TPSA) is 27.1 Å². The Morgan fingerprint density at radius 1 is 1.16 bits per heavy atom. The van der Waals surface area contributed by atoms with Crippen molar-refractivity contribution in [3.8, 4) is 5.75 Å². The molecule has 130 valence electrons. The summed E-state index contributed by atoms with van der Waals surface area (Å²) in [5, 5.41) is 1.21. The lowest BCUT2D eigenvalue weighted by Gasteiger charge is -2.20. The van der Waals surface area contributed by atoms with Crippen molar-refractivity contribution < 1.29 is 9.13 Å². The van der Waals surface area contributed by atoms with E-state index < -0.39 is 0 Å². The fraction of sp³-hybridized carbons (Fsp3) is 0.211. The zero-order valence-corrected chi connectivity index (χ0v) is 14.9. The molecule has 3 aromatic rings. The van der Waals surface area contributed by atoms with Crippen molar-refractivity contribution in [2.75, 3.05) is 6.61 Å². The number of aromatic nitrogens is 2. The number of para-hydroxylation sites is 1. The second-order valence-electron chi connectivity index (χ2n) is 5.69. The summed E-state index contributed by atoms with van der Waals surface area (Å²) < 4.78 is 21.3. The fourth-order valence-corrected chi connectivity index (χ4v) is 3.26. The summed E-state index contributed by atoms with van der Waals surface area (Å²) in [4.78, 5) is 4.07. The van der Waals surface area contributed by atoms with E-state index in [0.29, 0.717) is 29.6 Å². The zero-order chi connectivity index (χ0) is 17.6. The molecule has 1 heterocycles. The van der Waals surface area contributed by atoms with Gasteiger partial charge in [0.1, 0.15) is 0 Å². The number of imidazole rings is 1. The molecule has 0 aliphatic rings. The summed E-state index contributed by atoms with van der Waals surface area (Å²) in [6, 6.07) is 11.9. The van der Waals surface area contributed by atoms with E-state index in [-0.39, 0.29) is 17.5 Å². The van der Waals surface area contributed by atoms with E-state index in [1.165, 1.54) is 6.07 Å². The molecule has 0 radical (unpaired) electrons. The molecule has 1 atom stereocenters. The third kappa shape index (κ3) is 4.74. The molecule has 3 rings (SSSR count). The number of hydrogen-bond acceptors (Lipinski definition) is 2. The largest absolute Gasteiger partial charge is 0.490 e. The van der Waals surface area contributed by atoms with Crippen LogP contribution < -0.4 is 4.74 Å². The summed E-state index contributed by atoms with van der Waals surface area (Å²) in [5.41, 5.74) is 0.983. The number of rotatable bonds is 7. The number of halogens is 3. The first kappa shape index (κ1) is 17.8. The van der Waals surface area contributed by atoms with Crippen molar-refractivity contribution in [3.63, 3.8) is 0 Å². The Labute approximate surface area is 156 Å².